The molecule has 2 aliphatic heterocycles. The van der Waals surface area contributed by atoms with Gasteiger partial charge in [0.2, 0.25) is 11.8 Å². The van der Waals surface area contributed by atoms with Gasteiger partial charge in [-0.2, -0.15) is 26.3 Å². The van der Waals surface area contributed by atoms with Gasteiger partial charge in [0.15, 0.2) is 0 Å². The Balaban J connectivity index is 0.000000156. The van der Waals surface area contributed by atoms with E-state index < -0.39 is 29.4 Å². The molecule has 4 aromatic rings. The second kappa shape index (κ2) is 12.2. The minimum absolute atomic E-state index is 0.0983. The van der Waals surface area contributed by atoms with E-state index in [0.29, 0.717) is 27.7 Å². The Hall–Kier alpha value is -4.12. The molecule has 0 saturated carbocycles. The van der Waals surface area contributed by atoms with Crippen molar-refractivity contribution in [3.63, 3.8) is 0 Å². The highest BCUT2D eigenvalue weighted by Crippen LogP contribution is 2.39. The normalized spacial score (nSPS) is 15.3. The summed E-state index contributed by atoms with van der Waals surface area (Å²) >= 11 is 2.95. The summed E-state index contributed by atoms with van der Waals surface area (Å²) in [7, 11) is 0. The molecular weight excluding hydrogens is 614 g/mol. The van der Waals surface area contributed by atoms with E-state index in [-0.39, 0.29) is 11.8 Å². The summed E-state index contributed by atoms with van der Waals surface area (Å²) in [5.41, 5.74) is 2.40. The number of carbonyl (C=O) groups is 2. The summed E-state index contributed by atoms with van der Waals surface area (Å²) in [6, 6.07) is 24.7. The fourth-order valence-electron chi connectivity index (χ4n) is 4.26. The van der Waals surface area contributed by atoms with Gasteiger partial charge >= 0.3 is 12.4 Å². The number of nitrogens with one attached hydrogen (secondary N) is 2. The van der Waals surface area contributed by atoms with Crippen molar-refractivity contribution >= 4 is 39.1 Å². The summed E-state index contributed by atoms with van der Waals surface area (Å²) in [5.74, 6) is -0.889. The van der Waals surface area contributed by atoms with Crippen molar-refractivity contribution in [3.05, 3.63) is 129 Å². The minimum atomic E-state index is -4.41. The number of benzene rings is 4. The molecule has 0 fully saturated rings. The molecule has 6 rings (SSSR count). The van der Waals surface area contributed by atoms with Crippen LogP contribution in [-0.2, 0) is 28.4 Å². The highest BCUT2D eigenvalue weighted by molar-refractivity contribution is 9.10. The van der Waals surface area contributed by atoms with Gasteiger partial charge in [-0.25, -0.2) is 0 Å². The van der Waals surface area contributed by atoms with Crippen LogP contribution in [0, 0.1) is 0 Å². The first-order chi connectivity index (χ1) is 19.3. The van der Waals surface area contributed by atoms with Crippen LogP contribution in [0.25, 0.3) is 0 Å². The summed E-state index contributed by atoms with van der Waals surface area (Å²) in [5, 5.41) is 5.44. The van der Waals surface area contributed by atoms with Gasteiger partial charge in [-0.3, -0.25) is 9.59 Å². The number of fused-ring (bicyclic) bond motifs is 2. The number of amides is 2. The van der Waals surface area contributed by atoms with Gasteiger partial charge in [-0.05, 0) is 53.1 Å². The number of anilines is 2. The van der Waals surface area contributed by atoms with Gasteiger partial charge in [0.1, 0.15) is 0 Å². The topological polar surface area (TPSA) is 58.2 Å². The number of hydrogen-bond donors (Lipinski definition) is 2. The predicted octanol–water partition coefficient (Wildman–Crippen LogP) is 8.44. The van der Waals surface area contributed by atoms with Crippen molar-refractivity contribution in [2.45, 2.75) is 24.7 Å². The van der Waals surface area contributed by atoms with Crippen molar-refractivity contribution in [1.29, 1.82) is 0 Å². The first-order valence-corrected chi connectivity index (χ1v) is 12.9. The van der Waals surface area contributed by atoms with E-state index in [2.05, 4.69) is 26.6 Å². The average molecular weight is 635 g/mol. The van der Waals surface area contributed by atoms with Crippen LogP contribution in [-0.4, -0.2) is 11.8 Å². The third-order valence-electron chi connectivity index (χ3n) is 6.13. The van der Waals surface area contributed by atoms with E-state index in [1.807, 2.05) is 24.3 Å². The lowest BCUT2D eigenvalue weighted by atomic mass is 9.91. The van der Waals surface area contributed by atoms with Crippen LogP contribution in [0.3, 0.4) is 0 Å². The standard InChI is InChI=1S/C15H10F3NO.C8H7NO.C7H4BrF3/c16-15(17,18)10-5-3-4-9(8-10)13-11-6-1-2-7-12(11)19-14(13)20;10-8-5-6-3-1-2-4-7(6)9-8;8-6-3-1-2-5(4-6)7(9,10)11/h1-8,13H,(H,19,20);1-4H,5H2,(H,9,10);1-4H. The van der Waals surface area contributed by atoms with Gasteiger partial charge in [-0.15, -0.1) is 0 Å². The van der Waals surface area contributed by atoms with Crippen molar-refractivity contribution in [2.75, 3.05) is 10.6 Å². The van der Waals surface area contributed by atoms with E-state index in [9.17, 15) is 35.9 Å². The number of rotatable bonds is 1. The second-order valence-corrected chi connectivity index (χ2v) is 9.94. The monoisotopic (exact) mass is 634 g/mol. The van der Waals surface area contributed by atoms with Crippen LogP contribution in [0.15, 0.2) is 102 Å². The maximum absolute atomic E-state index is 12.7. The summed E-state index contributed by atoms with van der Waals surface area (Å²) in [6.45, 7) is 0. The van der Waals surface area contributed by atoms with Crippen molar-refractivity contribution < 1.29 is 35.9 Å². The zero-order valence-electron chi connectivity index (χ0n) is 21.0. The predicted molar refractivity (Wildman–Crippen MR) is 146 cm³/mol. The minimum Gasteiger partial charge on any atom is -0.326 e. The lowest BCUT2D eigenvalue weighted by molar-refractivity contribution is -0.138. The maximum Gasteiger partial charge on any atom is 0.416 e. The molecule has 1 atom stereocenters. The smallest absolute Gasteiger partial charge is 0.326 e. The molecule has 4 nitrogen and oxygen atoms in total. The highest BCUT2D eigenvalue weighted by Gasteiger charge is 2.35. The van der Waals surface area contributed by atoms with Crippen LogP contribution < -0.4 is 10.6 Å². The molecule has 0 bridgehead atoms. The molecule has 0 radical (unpaired) electrons. The largest absolute Gasteiger partial charge is 0.416 e. The Morgan fingerprint density at radius 3 is 1.85 bits per heavy atom. The zero-order chi connectivity index (χ0) is 29.8. The molecule has 11 heteroatoms. The Kier molecular flexibility index (Phi) is 8.86. The highest BCUT2D eigenvalue weighted by atomic mass is 79.9. The number of hydrogen-bond acceptors (Lipinski definition) is 2. The van der Waals surface area contributed by atoms with E-state index in [1.54, 1.807) is 36.4 Å². The Labute approximate surface area is 239 Å². The Morgan fingerprint density at radius 2 is 1.24 bits per heavy atom. The van der Waals surface area contributed by atoms with E-state index in [0.717, 1.165) is 35.5 Å². The molecule has 1 unspecified atom stereocenters. The quantitative estimate of drug-likeness (QED) is 0.206. The van der Waals surface area contributed by atoms with Crippen molar-refractivity contribution in [2.24, 2.45) is 0 Å². The first-order valence-electron chi connectivity index (χ1n) is 12.1. The van der Waals surface area contributed by atoms with Crippen molar-refractivity contribution in [3.8, 4) is 0 Å². The van der Waals surface area contributed by atoms with Crippen LogP contribution in [0.5, 0.6) is 0 Å². The molecule has 2 amide bonds. The molecule has 212 valence electrons. The fourth-order valence-corrected chi connectivity index (χ4v) is 4.66. The number of para-hydroxylation sites is 2. The molecule has 4 aromatic carbocycles. The summed E-state index contributed by atoms with van der Waals surface area (Å²) in [4.78, 5) is 22.8. The number of halogens is 7. The zero-order valence-corrected chi connectivity index (χ0v) is 22.6. The fraction of sp³-hybridized carbons (Fsp3) is 0.133. The van der Waals surface area contributed by atoms with Crippen molar-refractivity contribution in [1.82, 2.24) is 0 Å². The molecular formula is C30H21BrF6N2O2. The summed E-state index contributed by atoms with van der Waals surface area (Å²) in [6.07, 6.45) is -8.12. The van der Waals surface area contributed by atoms with Gasteiger partial charge in [-0.1, -0.05) is 76.6 Å². The molecule has 41 heavy (non-hydrogen) atoms. The first kappa shape index (κ1) is 29.9. The molecule has 2 heterocycles. The second-order valence-electron chi connectivity index (χ2n) is 9.02. The van der Waals surface area contributed by atoms with E-state index in [1.165, 1.54) is 12.1 Å². The van der Waals surface area contributed by atoms with Crippen LogP contribution >= 0.6 is 15.9 Å². The van der Waals surface area contributed by atoms with Crippen LogP contribution in [0.4, 0.5) is 37.7 Å². The van der Waals surface area contributed by atoms with Crippen LogP contribution in [0.1, 0.15) is 33.7 Å². The van der Waals surface area contributed by atoms with Gasteiger partial charge < -0.3 is 10.6 Å². The molecule has 0 spiro atoms. The lowest BCUT2D eigenvalue weighted by Gasteiger charge is -2.12. The van der Waals surface area contributed by atoms with Crippen LogP contribution in [0.2, 0.25) is 0 Å². The lowest BCUT2D eigenvalue weighted by Crippen LogP contribution is -2.14. The van der Waals surface area contributed by atoms with Gasteiger partial charge in [0.05, 0.1) is 23.5 Å². The van der Waals surface area contributed by atoms with E-state index >= 15 is 0 Å². The SMILES string of the molecule is FC(F)(F)c1cccc(Br)c1.O=C1Cc2ccccc2N1.O=C1Nc2ccccc2C1c1cccc(C(F)(F)F)c1. The van der Waals surface area contributed by atoms with Gasteiger partial charge in [0.25, 0.3) is 0 Å². The average Bonchev–Trinajstić information content (AvgIpc) is 3.46. The van der Waals surface area contributed by atoms with E-state index in [4.69, 9.17) is 0 Å². The third-order valence-corrected chi connectivity index (χ3v) is 6.63. The number of alkyl halides is 6. The Morgan fingerprint density at radius 1 is 0.659 bits per heavy atom. The molecule has 0 aromatic heterocycles. The number of carbonyl (C=O) groups excluding carboxylic acids is 2. The molecule has 0 saturated heterocycles. The molecule has 2 aliphatic rings. The Bertz CT molecular complexity index is 1540. The van der Waals surface area contributed by atoms with Gasteiger partial charge in [0, 0.05) is 15.8 Å². The summed E-state index contributed by atoms with van der Waals surface area (Å²) < 4.78 is 74.5. The molecule has 2 N–H and O–H groups in total. The molecule has 0 aliphatic carbocycles. The maximum atomic E-state index is 12.7. The third kappa shape index (κ3) is 7.55.